The third kappa shape index (κ3) is 3.72. The molecule has 0 aliphatic heterocycles. The number of carboxylic acid groups (broad SMARTS) is 1. The van der Waals surface area contributed by atoms with Crippen molar-refractivity contribution < 1.29 is 14.7 Å². The molecule has 0 spiro atoms. The minimum absolute atomic E-state index is 0.00252. The molecule has 1 unspecified atom stereocenters. The van der Waals surface area contributed by atoms with Crippen LogP contribution >= 0.6 is 0 Å². The Bertz CT molecular complexity index is 282. The second kappa shape index (κ2) is 6.03. The van der Waals surface area contributed by atoms with Crippen LogP contribution in [0.1, 0.15) is 58.8 Å². The van der Waals surface area contributed by atoms with Gasteiger partial charge in [-0.1, -0.05) is 32.6 Å². The van der Waals surface area contributed by atoms with Gasteiger partial charge >= 0.3 is 5.97 Å². The molecule has 17 heavy (non-hydrogen) atoms. The fourth-order valence-corrected chi connectivity index (χ4v) is 2.21. The highest BCUT2D eigenvalue weighted by atomic mass is 16.4. The molecule has 2 N–H and O–H groups in total. The molecule has 1 fully saturated rings. The monoisotopic (exact) mass is 241 g/mol. The van der Waals surface area contributed by atoms with Gasteiger partial charge in [-0.3, -0.25) is 4.79 Å². The first kappa shape index (κ1) is 14.0. The lowest BCUT2D eigenvalue weighted by molar-refractivity contribution is -0.147. The number of carbonyl (C=O) groups is 2. The molecule has 0 aromatic carbocycles. The largest absolute Gasteiger partial charge is 0.480 e. The van der Waals surface area contributed by atoms with E-state index < -0.39 is 11.5 Å². The summed E-state index contributed by atoms with van der Waals surface area (Å²) in [6.45, 7) is 3.35. The number of hydrogen-bond donors (Lipinski definition) is 2. The third-order valence-corrected chi connectivity index (χ3v) is 3.80. The van der Waals surface area contributed by atoms with E-state index in [0.717, 1.165) is 25.7 Å². The van der Waals surface area contributed by atoms with Gasteiger partial charge in [-0.05, 0) is 26.2 Å². The second-order valence-electron chi connectivity index (χ2n) is 5.17. The van der Waals surface area contributed by atoms with Crippen LogP contribution in [-0.2, 0) is 9.59 Å². The molecule has 0 aromatic rings. The van der Waals surface area contributed by atoms with Crippen molar-refractivity contribution in [3.63, 3.8) is 0 Å². The summed E-state index contributed by atoms with van der Waals surface area (Å²) in [5.74, 6) is -1.04. The fraction of sp³-hybridized carbons (Fsp3) is 0.846. The fourth-order valence-electron chi connectivity index (χ4n) is 2.21. The van der Waals surface area contributed by atoms with E-state index >= 15 is 0 Å². The maximum absolute atomic E-state index is 12.1. The molecule has 0 saturated heterocycles. The van der Waals surface area contributed by atoms with Crippen LogP contribution in [0, 0.1) is 5.92 Å². The van der Waals surface area contributed by atoms with Gasteiger partial charge < -0.3 is 10.4 Å². The van der Waals surface area contributed by atoms with E-state index in [-0.39, 0.29) is 11.8 Å². The molecule has 1 saturated carbocycles. The standard InChI is InChI=1S/C13H23NO3/c1-3-13(2,12(16)17)14-11(15)10-8-6-4-5-7-9-10/h10H,3-9H2,1-2H3,(H,14,15)(H,16,17). The molecule has 0 bridgehead atoms. The topological polar surface area (TPSA) is 66.4 Å². The van der Waals surface area contributed by atoms with Gasteiger partial charge in [0.25, 0.3) is 0 Å². The number of hydrogen-bond acceptors (Lipinski definition) is 2. The molecule has 98 valence electrons. The van der Waals surface area contributed by atoms with Gasteiger partial charge in [-0.25, -0.2) is 4.79 Å². The van der Waals surface area contributed by atoms with Gasteiger partial charge in [-0.2, -0.15) is 0 Å². The van der Waals surface area contributed by atoms with Crippen LogP contribution in [-0.4, -0.2) is 22.5 Å². The van der Waals surface area contributed by atoms with Crippen molar-refractivity contribution in [2.45, 2.75) is 64.3 Å². The predicted octanol–water partition coefficient (Wildman–Crippen LogP) is 2.33. The Balaban J connectivity index is 2.60. The Morgan fingerprint density at radius 3 is 2.18 bits per heavy atom. The highest BCUT2D eigenvalue weighted by molar-refractivity contribution is 5.87. The third-order valence-electron chi connectivity index (χ3n) is 3.80. The number of amides is 1. The quantitative estimate of drug-likeness (QED) is 0.742. The van der Waals surface area contributed by atoms with E-state index in [1.54, 1.807) is 13.8 Å². The summed E-state index contributed by atoms with van der Waals surface area (Å²) in [6, 6.07) is 0. The number of rotatable bonds is 4. The lowest BCUT2D eigenvalue weighted by Crippen LogP contribution is -2.53. The van der Waals surface area contributed by atoms with Crippen LogP contribution in [0.5, 0.6) is 0 Å². The van der Waals surface area contributed by atoms with Crippen LogP contribution in [0.25, 0.3) is 0 Å². The van der Waals surface area contributed by atoms with Crippen LogP contribution in [0.4, 0.5) is 0 Å². The van der Waals surface area contributed by atoms with Crippen molar-refractivity contribution in [2.75, 3.05) is 0 Å². The average molecular weight is 241 g/mol. The summed E-state index contributed by atoms with van der Waals surface area (Å²) in [7, 11) is 0. The zero-order chi connectivity index (χ0) is 12.9. The molecule has 1 atom stereocenters. The maximum Gasteiger partial charge on any atom is 0.329 e. The molecule has 4 heteroatoms. The van der Waals surface area contributed by atoms with Crippen LogP contribution in [0.15, 0.2) is 0 Å². The van der Waals surface area contributed by atoms with Crippen molar-refractivity contribution in [3.05, 3.63) is 0 Å². The molecule has 0 radical (unpaired) electrons. The molecule has 1 rings (SSSR count). The van der Waals surface area contributed by atoms with Crippen molar-refractivity contribution in [1.29, 1.82) is 0 Å². The highest BCUT2D eigenvalue weighted by Gasteiger charge is 2.34. The number of aliphatic carboxylic acids is 1. The zero-order valence-electron chi connectivity index (χ0n) is 10.8. The minimum atomic E-state index is -1.12. The summed E-state index contributed by atoms with van der Waals surface area (Å²) >= 11 is 0. The van der Waals surface area contributed by atoms with Crippen molar-refractivity contribution in [2.24, 2.45) is 5.92 Å². The molecule has 0 heterocycles. The molecule has 1 amide bonds. The first-order chi connectivity index (χ1) is 7.99. The first-order valence-electron chi connectivity index (χ1n) is 6.55. The summed E-state index contributed by atoms with van der Waals surface area (Å²) in [4.78, 5) is 23.2. The van der Waals surface area contributed by atoms with E-state index in [1.807, 2.05) is 0 Å². The van der Waals surface area contributed by atoms with E-state index in [1.165, 1.54) is 12.8 Å². The molecule has 0 aromatic heterocycles. The lowest BCUT2D eigenvalue weighted by atomic mass is 9.94. The van der Waals surface area contributed by atoms with E-state index in [2.05, 4.69) is 5.32 Å². The van der Waals surface area contributed by atoms with Gasteiger partial charge in [0.1, 0.15) is 5.54 Å². The molecular formula is C13H23NO3. The normalized spacial score (nSPS) is 21.3. The van der Waals surface area contributed by atoms with Gasteiger partial charge in [0.05, 0.1) is 0 Å². The zero-order valence-corrected chi connectivity index (χ0v) is 10.8. The Labute approximate surface area is 103 Å². The smallest absolute Gasteiger partial charge is 0.329 e. The Morgan fingerprint density at radius 1 is 1.24 bits per heavy atom. The summed E-state index contributed by atoms with van der Waals surface area (Å²) in [6.07, 6.45) is 6.72. The number of nitrogens with one attached hydrogen (secondary N) is 1. The van der Waals surface area contributed by atoms with Gasteiger partial charge in [0.15, 0.2) is 0 Å². The van der Waals surface area contributed by atoms with Gasteiger partial charge in [0.2, 0.25) is 5.91 Å². The van der Waals surface area contributed by atoms with E-state index in [0.29, 0.717) is 6.42 Å². The van der Waals surface area contributed by atoms with Crippen LogP contribution in [0.3, 0.4) is 0 Å². The van der Waals surface area contributed by atoms with Gasteiger partial charge in [-0.15, -0.1) is 0 Å². The van der Waals surface area contributed by atoms with Crippen molar-refractivity contribution >= 4 is 11.9 Å². The van der Waals surface area contributed by atoms with E-state index in [9.17, 15) is 9.59 Å². The molecular weight excluding hydrogens is 218 g/mol. The minimum Gasteiger partial charge on any atom is -0.480 e. The lowest BCUT2D eigenvalue weighted by Gasteiger charge is -2.27. The Hall–Kier alpha value is -1.06. The van der Waals surface area contributed by atoms with Gasteiger partial charge in [0, 0.05) is 5.92 Å². The maximum atomic E-state index is 12.1. The van der Waals surface area contributed by atoms with Crippen LogP contribution < -0.4 is 5.32 Å². The number of carboxylic acids is 1. The van der Waals surface area contributed by atoms with Crippen molar-refractivity contribution in [1.82, 2.24) is 5.32 Å². The first-order valence-corrected chi connectivity index (χ1v) is 6.55. The SMILES string of the molecule is CCC(C)(NC(=O)C1CCCCCC1)C(=O)O. The highest BCUT2D eigenvalue weighted by Crippen LogP contribution is 2.24. The summed E-state index contributed by atoms with van der Waals surface area (Å²) in [5.41, 5.74) is -1.12. The van der Waals surface area contributed by atoms with E-state index in [4.69, 9.17) is 5.11 Å². The summed E-state index contributed by atoms with van der Waals surface area (Å²) in [5, 5.41) is 11.8. The number of carbonyl (C=O) groups excluding carboxylic acids is 1. The predicted molar refractivity (Wildman–Crippen MR) is 65.7 cm³/mol. The van der Waals surface area contributed by atoms with Crippen molar-refractivity contribution in [3.8, 4) is 0 Å². The van der Waals surface area contributed by atoms with Crippen LogP contribution in [0.2, 0.25) is 0 Å². The second-order valence-corrected chi connectivity index (χ2v) is 5.17. The molecule has 1 aliphatic carbocycles. The molecule has 1 aliphatic rings. The Morgan fingerprint density at radius 2 is 1.76 bits per heavy atom. The summed E-state index contributed by atoms with van der Waals surface area (Å²) < 4.78 is 0. The molecule has 4 nitrogen and oxygen atoms in total. The Kier molecular flexibility index (Phi) is 4.97. The average Bonchev–Trinajstić information content (AvgIpc) is 2.57.